The maximum atomic E-state index is 12.7. The molecule has 1 aromatic rings. The molecule has 1 saturated heterocycles. The van der Waals surface area contributed by atoms with Gasteiger partial charge in [-0.1, -0.05) is 32.0 Å². The molecule has 4 rings (SSSR count). The number of ketones is 1. The van der Waals surface area contributed by atoms with Crippen molar-refractivity contribution in [2.24, 2.45) is 16.7 Å². The average Bonchev–Trinajstić information content (AvgIpc) is 3.25. The van der Waals surface area contributed by atoms with E-state index < -0.39 is 0 Å². The van der Waals surface area contributed by atoms with Crippen LogP contribution < -0.4 is 16.0 Å². The second-order valence-corrected chi connectivity index (χ2v) is 10.6. The normalized spacial score (nSPS) is 33.2. The standard InChI is InChI=1S/C22H31N3OS2/c1-21(2)15-8-9-22(21,19(26)10-15)14-28-13-18-11-17(12-23-18)25-20(27)24-16-6-4-3-5-7-16/h3-7,15,17-18,23H,8-14H2,1-2H3,(H2,24,25,27)/t15-,17-,18-,22+/m0/s1. The van der Waals surface area contributed by atoms with Crippen molar-refractivity contribution in [2.45, 2.75) is 51.6 Å². The number of benzene rings is 1. The van der Waals surface area contributed by atoms with E-state index in [2.05, 4.69) is 29.8 Å². The number of carbonyl (C=O) groups excluding carboxylic acids is 1. The summed E-state index contributed by atoms with van der Waals surface area (Å²) in [6.45, 7) is 5.58. The van der Waals surface area contributed by atoms with Crippen molar-refractivity contribution in [1.29, 1.82) is 0 Å². The van der Waals surface area contributed by atoms with E-state index in [0.29, 0.717) is 28.9 Å². The predicted molar refractivity (Wildman–Crippen MR) is 122 cm³/mol. The Morgan fingerprint density at radius 2 is 2.11 bits per heavy atom. The Morgan fingerprint density at radius 1 is 1.32 bits per heavy atom. The van der Waals surface area contributed by atoms with Crippen molar-refractivity contribution >= 4 is 40.6 Å². The van der Waals surface area contributed by atoms with Gasteiger partial charge in [-0.25, -0.2) is 0 Å². The van der Waals surface area contributed by atoms with Gasteiger partial charge in [-0.2, -0.15) is 11.8 Å². The molecule has 2 bridgehead atoms. The van der Waals surface area contributed by atoms with E-state index in [1.54, 1.807) is 0 Å². The van der Waals surface area contributed by atoms with Crippen LogP contribution in [-0.2, 0) is 4.79 Å². The van der Waals surface area contributed by atoms with E-state index in [1.807, 2.05) is 42.1 Å². The number of hydrogen-bond donors (Lipinski definition) is 3. The average molecular weight is 418 g/mol. The first-order valence-corrected chi connectivity index (χ1v) is 11.9. The van der Waals surface area contributed by atoms with Gasteiger partial charge in [0.1, 0.15) is 5.78 Å². The van der Waals surface area contributed by atoms with Gasteiger partial charge in [0, 0.05) is 47.7 Å². The van der Waals surface area contributed by atoms with E-state index in [0.717, 1.165) is 43.0 Å². The third kappa shape index (κ3) is 3.71. The van der Waals surface area contributed by atoms with Gasteiger partial charge in [0.2, 0.25) is 0 Å². The van der Waals surface area contributed by atoms with Crippen molar-refractivity contribution in [3.8, 4) is 0 Å². The van der Waals surface area contributed by atoms with E-state index >= 15 is 0 Å². The molecule has 152 valence electrons. The van der Waals surface area contributed by atoms with Gasteiger partial charge < -0.3 is 16.0 Å². The summed E-state index contributed by atoms with van der Waals surface area (Å²) in [6, 6.07) is 10.9. The number of Topliss-reactive ketones (excluding diaryl/α,β-unsaturated/α-hetero) is 1. The second-order valence-electron chi connectivity index (χ2n) is 9.18. The second kappa shape index (κ2) is 7.96. The van der Waals surface area contributed by atoms with Crippen LogP contribution in [0.15, 0.2) is 30.3 Å². The Morgan fingerprint density at radius 3 is 2.79 bits per heavy atom. The van der Waals surface area contributed by atoms with Crippen LogP contribution in [0, 0.1) is 16.7 Å². The van der Waals surface area contributed by atoms with Crippen molar-refractivity contribution < 1.29 is 4.79 Å². The Balaban J connectivity index is 1.21. The smallest absolute Gasteiger partial charge is 0.171 e. The molecule has 0 radical (unpaired) electrons. The fourth-order valence-electron chi connectivity index (χ4n) is 5.41. The predicted octanol–water partition coefficient (Wildman–Crippen LogP) is 3.83. The van der Waals surface area contributed by atoms with E-state index in [4.69, 9.17) is 12.2 Å². The molecule has 1 aromatic carbocycles. The van der Waals surface area contributed by atoms with Crippen molar-refractivity contribution in [1.82, 2.24) is 10.6 Å². The zero-order valence-corrected chi connectivity index (χ0v) is 18.4. The van der Waals surface area contributed by atoms with E-state index in [-0.39, 0.29) is 10.8 Å². The van der Waals surface area contributed by atoms with Crippen molar-refractivity contribution in [3.63, 3.8) is 0 Å². The van der Waals surface area contributed by atoms with Gasteiger partial charge in [-0.15, -0.1) is 0 Å². The van der Waals surface area contributed by atoms with Crippen LogP contribution in [0.5, 0.6) is 0 Å². The molecule has 3 N–H and O–H groups in total. The lowest BCUT2D eigenvalue weighted by atomic mass is 9.70. The molecule has 1 aliphatic heterocycles. The zero-order valence-electron chi connectivity index (χ0n) is 16.8. The van der Waals surface area contributed by atoms with E-state index in [1.165, 1.54) is 6.42 Å². The van der Waals surface area contributed by atoms with Crippen LogP contribution in [0.4, 0.5) is 5.69 Å². The molecule has 2 aliphatic carbocycles. The van der Waals surface area contributed by atoms with Gasteiger partial charge >= 0.3 is 0 Å². The van der Waals surface area contributed by atoms with Crippen LogP contribution in [0.3, 0.4) is 0 Å². The molecule has 3 aliphatic rings. The summed E-state index contributed by atoms with van der Waals surface area (Å²) in [4.78, 5) is 12.7. The number of hydrogen-bond acceptors (Lipinski definition) is 4. The van der Waals surface area contributed by atoms with Crippen molar-refractivity contribution in [2.75, 3.05) is 23.4 Å². The van der Waals surface area contributed by atoms with E-state index in [9.17, 15) is 4.79 Å². The van der Waals surface area contributed by atoms with Gasteiger partial charge in [0.15, 0.2) is 5.11 Å². The lowest BCUT2D eigenvalue weighted by molar-refractivity contribution is -0.127. The quantitative estimate of drug-likeness (QED) is 0.612. The minimum absolute atomic E-state index is 0.0697. The summed E-state index contributed by atoms with van der Waals surface area (Å²) >= 11 is 7.42. The molecule has 2 saturated carbocycles. The fraction of sp³-hybridized carbons (Fsp3) is 0.636. The number of thiocarbonyl (C=S) groups is 1. The Labute approximate surface area is 178 Å². The van der Waals surface area contributed by atoms with Crippen LogP contribution in [0.1, 0.15) is 39.5 Å². The molecule has 4 nitrogen and oxygen atoms in total. The number of rotatable bonds is 6. The molecule has 0 aromatic heterocycles. The number of fused-ring (bicyclic) bond motifs is 2. The van der Waals surface area contributed by atoms with Crippen LogP contribution in [-0.4, -0.2) is 41.0 Å². The highest BCUT2D eigenvalue weighted by Gasteiger charge is 2.63. The highest BCUT2D eigenvalue weighted by molar-refractivity contribution is 7.99. The highest BCUT2D eigenvalue weighted by Crippen LogP contribution is 2.64. The lowest BCUT2D eigenvalue weighted by Crippen LogP contribution is -2.39. The monoisotopic (exact) mass is 417 g/mol. The van der Waals surface area contributed by atoms with Gasteiger partial charge in [-0.3, -0.25) is 4.79 Å². The van der Waals surface area contributed by atoms with Crippen LogP contribution in [0.2, 0.25) is 0 Å². The molecular formula is C22H31N3OS2. The number of nitrogens with one attached hydrogen (secondary N) is 3. The van der Waals surface area contributed by atoms with Gasteiger partial charge in [0.25, 0.3) is 0 Å². The minimum Gasteiger partial charge on any atom is -0.358 e. The SMILES string of the molecule is CC1(C)[C@H]2CC[C@@]1(CSC[C@@H]1C[C@H](NC(=S)Nc3ccccc3)CN1)C(=O)C2. The van der Waals surface area contributed by atoms with Crippen LogP contribution in [0.25, 0.3) is 0 Å². The Kier molecular flexibility index (Phi) is 5.73. The molecule has 28 heavy (non-hydrogen) atoms. The Bertz CT molecular complexity index is 739. The topological polar surface area (TPSA) is 53.2 Å². The number of para-hydroxylation sites is 1. The molecule has 0 amide bonds. The summed E-state index contributed by atoms with van der Waals surface area (Å²) in [5.41, 5.74) is 1.12. The lowest BCUT2D eigenvalue weighted by Gasteiger charge is -2.36. The highest BCUT2D eigenvalue weighted by atomic mass is 32.2. The molecule has 4 atom stereocenters. The van der Waals surface area contributed by atoms with Crippen LogP contribution >= 0.6 is 24.0 Å². The summed E-state index contributed by atoms with van der Waals surface area (Å²) < 4.78 is 0. The minimum atomic E-state index is -0.0697. The largest absolute Gasteiger partial charge is 0.358 e. The maximum absolute atomic E-state index is 12.7. The first-order valence-electron chi connectivity index (χ1n) is 10.4. The molecule has 1 heterocycles. The number of anilines is 1. The third-order valence-electron chi connectivity index (χ3n) is 7.40. The molecule has 6 heteroatoms. The Hall–Kier alpha value is -1.11. The van der Waals surface area contributed by atoms with Gasteiger partial charge in [-0.05, 0) is 54.9 Å². The summed E-state index contributed by atoms with van der Waals surface area (Å²) in [6.07, 6.45) is 4.21. The first kappa shape index (κ1) is 20.2. The van der Waals surface area contributed by atoms with Gasteiger partial charge in [0.05, 0.1) is 0 Å². The number of carbonyl (C=O) groups is 1. The maximum Gasteiger partial charge on any atom is 0.171 e. The number of thioether (sulfide) groups is 1. The molecule has 0 spiro atoms. The molecule has 3 fully saturated rings. The molecular weight excluding hydrogens is 386 g/mol. The summed E-state index contributed by atoms with van der Waals surface area (Å²) in [5, 5.41) is 11.0. The third-order valence-corrected chi connectivity index (χ3v) is 8.95. The zero-order chi connectivity index (χ0) is 19.8. The summed E-state index contributed by atoms with van der Waals surface area (Å²) in [5.74, 6) is 3.18. The first-order chi connectivity index (χ1) is 13.4. The summed E-state index contributed by atoms with van der Waals surface area (Å²) in [7, 11) is 0. The van der Waals surface area contributed by atoms with Crippen molar-refractivity contribution in [3.05, 3.63) is 30.3 Å². The fourth-order valence-corrected chi connectivity index (χ4v) is 7.38. The molecule has 0 unspecified atom stereocenters.